The second-order valence-corrected chi connectivity index (χ2v) is 8.87. The number of amides is 1. The van der Waals surface area contributed by atoms with Crippen molar-refractivity contribution in [1.82, 2.24) is 14.2 Å². The first-order valence-corrected chi connectivity index (χ1v) is 9.96. The van der Waals surface area contributed by atoms with Crippen LogP contribution in [0.2, 0.25) is 0 Å². The highest BCUT2D eigenvalue weighted by Crippen LogP contribution is 2.24. The van der Waals surface area contributed by atoms with Crippen molar-refractivity contribution in [3.8, 4) is 0 Å². The van der Waals surface area contributed by atoms with Gasteiger partial charge >= 0.3 is 0 Å². The maximum absolute atomic E-state index is 12.5. The Hall–Kier alpha value is -1.86. The largest absolute Gasteiger partial charge is 0.351 e. The number of nitrogens with one attached hydrogen (secondary N) is 1. The van der Waals surface area contributed by atoms with Crippen LogP contribution < -0.4 is 5.32 Å². The fourth-order valence-corrected chi connectivity index (χ4v) is 3.65. The number of sulfonamides is 1. The van der Waals surface area contributed by atoms with Gasteiger partial charge in [0.2, 0.25) is 10.0 Å². The maximum atomic E-state index is 12.5. The summed E-state index contributed by atoms with van der Waals surface area (Å²) in [7, 11) is -0.490. The second kappa shape index (κ2) is 7.58. The fourth-order valence-electron chi connectivity index (χ4n) is 2.71. The molecule has 0 radical (unpaired) electrons. The standard InChI is InChI=1S/C18H27N3O3S/c1-6-21-16-8-7-15(25(23,24)20(4)5)11-14(16)12-17(21)18(22)19-10-9-13(2)3/h7-8,11-13H,6,9-10H2,1-5H3,(H,19,22). The van der Waals surface area contributed by atoms with Crippen molar-refractivity contribution >= 4 is 26.8 Å². The van der Waals surface area contributed by atoms with Crippen molar-refractivity contribution in [3.05, 3.63) is 30.0 Å². The van der Waals surface area contributed by atoms with Crippen LogP contribution in [0.25, 0.3) is 10.9 Å². The number of nitrogens with zero attached hydrogens (tertiary/aromatic N) is 2. The highest BCUT2D eigenvalue weighted by Gasteiger charge is 2.20. The van der Waals surface area contributed by atoms with Gasteiger partial charge in [0, 0.05) is 38.1 Å². The third-order valence-corrected chi connectivity index (χ3v) is 6.02. The Bertz CT molecular complexity index is 867. The van der Waals surface area contributed by atoms with Gasteiger partial charge in [-0.25, -0.2) is 12.7 Å². The topological polar surface area (TPSA) is 71.4 Å². The van der Waals surface area contributed by atoms with E-state index in [1.54, 1.807) is 24.3 Å². The van der Waals surface area contributed by atoms with Crippen LogP contribution in [-0.2, 0) is 16.6 Å². The summed E-state index contributed by atoms with van der Waals surface area (Å²) >= 11 is 0. The molecular weight excluding hydrogens is 338 g/mol. The van der Waals surface area contributed by atoms with E-state index in [1.807, 2.05) is 11.5 Å². The summed E-state index contributed by atoms with van der Waals surface area (Å²) in [6, 6.07) is 6.74. The van der Waals surface area contributed by atoms with Crippen molar-refractivity contribution < 1.29 is 13.2 Å². The number of carbonyl (C=O) groups excluding carboxylic acids is 1. The van der Waals surface area contributed by atoms with E-state index < -0.39 is 10.0 Å². The molecule has 0 spiro atoms. The predicted octanol–water partition coefficient (Wildman–Crippen LogP) is 2.69. The molecule has 0 bridgehead atoms. The first-order valence-electron chi connectivity index (χ1n) is 8.52. The molecular formula is C18H27N3O3S. The molecule has 0 saturated carbocycles. The lowest BCUT2D eigenvalue weighted by atomic mass is 10.1. The number of carbonyl (C=O) groups is 1. The number of aromatic nitrogens is 1. The molecule has 0 fully saturated rings. The monoisotopic (exact) mass is 365 g/mol. The van der Waals surface area contributed by atoms with E-state index in [1.165, 1.54) is 18.4 Å². The minimum atomic E-state index is -3.50. The lowest BCUT2D eigenvalue weighted by molar-refractivity contribution is 0.0943. The summed E-state index contributed by atoms with van der Waals surface area (Å²) in [4.78, 5) is 12.7. The number of fused-ring (bicyclic) bond motifs is 1. The average molecular weight is 365 g/mol. The summed E-state index contributed by atoms with van der Waals surface area (Å²) in [6.07, 6.45) is 0.920. The van der Waals surface area contributed by atoms with Gasteiger partial charge in [0.15, 0.2) is 0 Å². The number of benzene rings is 1. The number of hydrogen-bond donors (Lipinski definition) is 1. The van der Waals surface area contributed by atoms with Crippen LogP contribution >= 0.6 is 0 Å². The summed E-state index contributed by atoms with van der Waals surface area (Å²) in [5.41, 5.74) is 1.41. The molecule has 1 aromatic carbocycles. The minimum Gasteiger partial charge on any atom is -0.351 e. The smallest absolute Gasteiger partial charge is 0.267 e. The number of aryl methyl sites for hydroxylation is 1. The van der Waals surface area contributed by atoms with Gasteiger partial charge in [-0.15, -0.1) is 0 Å². The van der Waals surface area contributed by atoms with Gasteiger partial charge in [0.05, 0.1) is 4.90 Å². The normalized spacial score (nSPS) is 12.3. The lowest BCUT2D eigenvalue weighted by Gasteiger charge is -2.12. The molecule has 6 nitrogen and oxygen atoms in total. The van der Waals surface area contributed by atoms with Crippen molar-refractivity contribution in [3.63, 3.8) is 0 Å². The molecule has 0 saturated heterocycles. The molecule has 0 aliphatic heterocycles. The first kappa shape index (κ1) is 19.5. The quantitative estimate of drug-likeness (QED) is 0.820. The van der Waals surface area contributed by atoms with Gasteiger partial charge in [-0.3, -0.25) is 4.79 Å². The van der Waals surface area contributed by atoms with E-state index in [2.05, 4.69) is 19.2 Å². The van der Waals surface area contributed by atoms with E-state index in [4.69, 9.17) is 0 Å². The minimum absolute atomic E-state index is 0.129. The highest BCUT2D eigenvalue weighted by atomic mass is 32.2. The molecule has 0 atom stereocenters. The van der Waals surface area contributed by atoms with Crippen LogP contribution in [0.1, 0.15) is 37.7 Å². The Balaban J connectivity index is 2.41. The molecule has 1 aromatic heterocycles. The van der Waals surface area contributed by atoms with Gasteiger partial charge in [-0.1, -0.05) is 13.8 Å². The van der Waals surface area contributed by atoms with E-state index in [9.17, 15) is 13.2 Å². The molecule has 7 heteroatoms. The third kappa shape index (κ3) is 4.04. The zero-order valence-electron chi connectivity index (χ0n) is 15.5. The van der Waals surface area contributed by atoms with Crippen LogP contribution in [0.15, 0.2) is 29.2 Å². The molecule has 1 amide bonds. The van der Waals surface area contributed by atoms with Gasteiger partial charge in [0.1, 0.15) is 5.69 Å². The van der Waals surface area contributed by atoms with Gasteiger partial charge in [0.25, 0.3) is 5.91 Å². The Morgan fingerprint density at radius 1 is 1.24 bits per heavy atom. The Morgan fingerprint density at radius 3 is 2.48 bits per heavy atom. The van der Waals surface area contributed by atoms with Crippen LogP contribution in [0, 0.1) is 5.92 Å². The molecule has 2 aromatic rings. The Morgan fingerprint density at radius 2 is 1.92 bits per heavy atom. The van der Waals surface area contributed by atoms with Crippen LogP contribution in [0.5, 0.6) is 0 Å². The Kier molecular flexibility index (Phi) is 5.90. The first-order chi connectivity index (χ1) is 11.7. The maximum Gasteiger partial charge on any atom is 0.267 e. The van der Waals surface area contributed by atoms with Crippen molar-refractivity contribution in [2.75, 3.05) is 20.6 Å². The molecule has 25 heavy (non-hydrogen) atoms. The van der Waals surface area contributed by atoms with Crippen molar-refractivity contribution in [1.29, 1.82) is 0 Å². The van der Waals surface area contributed by atoms with Crippen LogP contribution in [0.4, 0.5) is 0 Å². The SMILES string of the molecule is CCn1c(C(=O)NCCC(C)C)cc2cc(S(=O)(=O)N(C)C)ccc21. The van der Waals surface area contributed by atoms with Crippen LogP contribution in [0.3, 0.4) is 0 Å². The van der Waals surface area contributed by atoms with Crippen molar-refractivity contribution in [2.45, 2.75) is 38.6 Å². The molecule has 0 aliphatic carbocycles. The molecule has 0 aliphatic rings. The summed E-state index contributed by atoms with van der Waals surface area (Å²) in [6.45, 7) is 7.46. The van der Waals surface area contributed by atoms with Gasteiger partial charge in [-0.05, 0) is 43.5 Å². The molecule has 2 rings (SSSR count). The average Bonchev–Trinajstić information content (AvgIpc) is 2.91. The second-order valence-electron chi connectivity index (χ2n) is 6.72. The summed E-state index contributed by atoms with van der Waals surface area (Å²) in [5.74, 6) is 0.395. The van der Waals surface area contributed by atoms with Crippen molar-refractivity contribution in [2.24, 2.45) is 5.92 Å². The molecule has 0 unspecified atom stereocenters. The Labute approximate surface area is 149 Å². The number of rotatable bonds is 7. The lowest BCUT2D eigenvalue weighted by Crippen LogP contribution is -2.27. The fraction of sp³-hybridized carbons (Fsp3) is 0.500. The zero-order valence-corrected chi connectivity index (χ0v) is 16.4. The molecule has 1 N–H and O–H groups in total. The van der Waals surface area contributed by atoms with E-state index in [-0.39, 0.29) is 10.8 Å². The van der Waals surface area contributed by atoms with E-state index in [0.29, 0.717) is 24.7 Å². The molecule has 1 heterocycles. The summed E-state index contributed by atoms with van der Waals surface area (Å²) < 4.78 is 27.7. The molecule has 138 valence electrons. The van der Waals surface area contributed by atoms with Crippen LogP contribution in [-0.4, -0.2) is 43.8 Å². The number of hydrogen-bond acceptors (Lipinski definition) is 3. The van der Waals surface area contributed by atoms with Gasteiger partial charge in [-0.2, -0.15) is 0 Å². The highest BCUT2D eigenvalue weighted by molar-refractivity contribution is 7.89. The van der Waals surface area contributed by atoms with E-state index >= 15 is 0 Å². The van der Waals surface area contributed by atoms with Gasteiger partial charge < -0.3 is 9.88 Å². The summed E-state index contributed by atoms with van der Waals surface area (Å²) in [5, 5.41) is 3.69. The third-order valence-electron chi connectivity index (χ3n) is 4.21. The van der Waals surface area contributed by atoms with E-state index in [0.717, 1.165) is 17.3 Å². The zero-order chi connectivity index (χ0) is 18.8. The predicted molar refractivity (Wildman–Crippen MR) is 100 cm³/mol.